The molecule has 1 nitrogen and oxygen atoms in total. The molecule has 88 valence electrons. The average Bonchev–Trinajstić information content (AvgIpc) is 2.16. The van der Waals surface area contributed by atoms with Crippen molar-refractivity contribution in [3.8, 4) is 5.75 Å². The molecule has 1 aromatic rings. The van der Waals surface area contributed by atoms with Crippen LogP contribution >= 0.6 is 59.9 Å². The van der Waals surface area contributed by atoms with Crippen LogP contribution in [-0.2, 0) is 4.92 Å². The van der Waals surface area contributed by atoms with E-state index in [4.69, 9.17) is 0 Å². The quantitative estimate of drug-likeness (QED) is 0.389. The van der Waals surface area contributed by atoms with E-state index in [-0.39, 0.29) is 4.92 Å². The zero-order valence-electron chi connectivity index (χ0n) is 9.26. The summed E-state index contributed by atoms with van der Waals surface area (Å²) in [6, 6.07) is 5.72. The zero-order valence-corrected chi connectivity index (χ0v) is 17.1. The second kappa shape index (κ2) is 12.3. The molecule has 5 heteroatoms. The second-order valence-corrected chi connectivity index (χ2v) is 37.8. The van der Waals surface area contributed by atoms with Gasteiger partial charge in [-0.3, -0.25) is 0 Å². The molecule has 0 saturated carbocycles. The predicted molar refractivity (Wildman–Crippen MR) is 91.0 cm³/mol. The summed E-state index contributed by atoms with van der Waals surface area (Å²) in [5, 5.41) is 9.21. The molecule has 15 heavy (non-hydrogen) atoms. The van der Waals surface area contributed by atoms with E-state index < -0.39 is 0 Å². The Labute approximate surface area is 131 Å². The molecule has 0 aliphatic rings. The van der Waals surface area contributed by atoms with Gasteiger partial charge < -0.3 is 5.11 Å². The van der Waals surface area contributed by atoms with Crippen molar-refractivity contribution in [1.29, 1.82) is 0 Å². The molecule has 0 spiro atoms. The number of phenolic OH excluding ortho intramolecular Hbond substituents is 1. The SMILES string of the molecule is CC.Cc1cccc(C)c1O.[I][V]([I])[I]. The number of benzene rings is 1. The van der Waals surface area contributed by atoms with Gasteiger partial charge in [-0.25, -0.2) is 0 Å². The monoisotopic (exact) mass is 584 g/mol. The predicted octanol–water partition coefficient (Wildman–Crippen LogP) is 5.69. The number of rotatable bonds is 0. The topological polar surface area (TPSA) is 20.2 Å². The van der Waals surface area contributed by atoms with Gasteiger partial charge in [0, 0.05) is 0 Å². The number of hydrogen-bond acceptors (Lipinski definition) is 1. The van der Waals surface area contributed by atoms with Gasteiger partial charge in [-0.15, -0.1) is 0 Å². The van der Waals surface area contributed by atoms with E-state index in [2.05, 4.69) is 59.9 Å². The molecule has 1 rings (SSSR count). The van der Waals surface area contributed by atoms with Gasteiger partial charge in [0.1, 0.15) is 5.75 Å². The fourth-order valence-corrected chi connectivity index (χ4v) is 0.806. The van der Waals surface area contributed by atoms with Gasteiger partial charge in [-0.05, 0) is 25.0 Å². The Balaban J connectivity index is 0. The normalized spacial score (nSPS) is 8.53. The number of halogens is 3. The van der Waals surface area contributed by atoms with E-state index >= 15 is 0 Å². The molecule has 0 saturated heterocycles. The molecule has 0 aliphatic carbocycles. The summed E-state index contributed by atoms with van der Waals surface area (Å²) >= 11 is 7.39. The van der Waals surface area contributed by atoms with Gasteiger partial charge in [0.2, 0.25) is 0 Å². The van der Waals surface area contributed by atoms with Crippen LogP contribution in [0.15, 0.2) is 18.2 Å². The molecule has 0 radical (unpaired) electrons. The van der Waals surface area contributed by atoms with E-state index in [1.165, 1.54) is 0 Å². The molecular formula is C10H16I3OV. The van der Waals surface area contributed by atoms with Crippen molar-refractivity contribution in [1.82, 2.24) is 0 Å². The molecule has 0 fully saturated rings. The van der Waals surface area contributed by atoms with Crippen LogP contribution < -0.4 is 0 Å². The van der Waals surface area contributed by atoms with Crippen molar-refractivity contribution < 1.29 is 10.0 Å². The van der Waals surface area contributed by atoms with Crippen LogP contribution in [0, 0.1) is 13.8 Å². The van der Waals surface area contributed by atoms with Gasteiger partial charge in [-0.1, -0.05) is 32.0 Å². The first-order valence-electron chi connectivity index (χ1n) is 4.47. The minimum atomic E-state index is -0.278. The molecule has 0 atom stereocenters. The van der Waals surface area contributed by atoms with E-state index in [0.29, 0.717) is 5.75 Å². The molecule has 0 bridgehead atoms. The number of hydrogen-bond donors (Lipinski definition) is 1. The number of aryl methyl sites for hydroxylation is 2. The van der Waals surface area contributed by atoms with Gasteiger partial charge in [0.25, 0.3) is 0 Å². The summed E-state index contributed by atoms with van der Waals surface area (Å²) in [6.45, 7) is 7.78. The van der Waals surface area contributed by atoms with Crippen molar-refractivity contribution in [2.75, 3.05) is 0 Å². The zero-order chi connectivity index (χ0) is 12.4. The van der Waals surface area contributed by atoms with Crippen LogP contribution in [0.3, 0.4) is 0 Å². The first-order chi connectivity index (χ1) is 6.95. The van der Waals surface area contributed by atoms with Crippen LogP contribution in [0.1, 0.15) is 25.0 Å². The Bertz CT molecular complexity index is 244. The fraction of sp³-hybridized carbons (Fsp3) is 0.400. The van der Waals surface area contributed by atoms with Crippen LogP contribution in [0.5, 0.6) is 5.75 Å². The second-order valence-electron chi connectivity index (χ2n) is 2.43. The summed E-state index contributed by atoms with van der Waals surface area (Å²) in [4.78, 5) is -0.278. The summed E-state index contributed by atoms with van der Waals surface area (Å²) < 4.78 is 0. The van der Waals surface area contributed by atoms with E-state index in [9.17, 15) is 5.11 Å². The van der Waals surface area contributed by atoms with Crippen LogP contribution in [0.4, 0.5) is 0 Å². The van der Waals surface area contributed by atoms with E-state index in [0.717, 1.165) is 11.1 Å². The van der Waals surface area contributed by atoms with Crippen molar-refractivity contribution >= 4 is 59.9 Å². The summed E-state index contributed by atoms with van der Waals surface area (Å²) in [5.74, 6) is 0.414. The number of aromatic hydroxyl groups is 1. The molecule has 0 unspecified atom stereocenters. The fourth-order valence-electron chi connectivity index (χ4n) is 0.806. The molecule has 0 amide bonds. The summed E-state index contributed by atoms with van der Waals surface area (Å²) in [5.41, 5.74) is 1.88. The first-order valence-corrected chi connectivity index (χ1v) is 18.0. The van der Waals surface area contributed by atoms with Crippen molar-refractivity contribution in [3.63, 3.8) is 0 Å². The third kappa shape index (κ3) is 12.0. The Morgan fingerprint density at radius 2 is 1.27 bits per heavy atom. The molecule has 1 aromatic carbocycles. The summed E-state index contributed by atoms with van der Waals surface area (Å²) in [6.07, 6.45) is 0. The van der Waals surface area contributed by atoms with Crippen molar-refractivity contribution in [2.24, 2.45) is 0 Å². The third-order valence-electron chi connectivity index (χ3n) is 1.44. The van der Waals surface area contributed by atoms with Gasteiger partial charge >= 0.3 is 64.9 Å². The van der Waals surface area contributed by atoms with Gasteiger partial charge in [0.15, 0.2) is 0 Å². The van der Waals surface area contributed by atoms with Crippen LogP contribution in [-0.4, -0.2) is 5.11 Å². The van der Waals surface area contributed by atoms with Crippen molar-refractivity contribution in [3.05, 3.63) is 29.3 Å². The van der Waals surface area contributed by atoms with Gasteiger partial charge in [0.05, 0.1) is 0 Å². The third-order valence-corrected chi connectivity index (χ3v) is 1.44. The van der Waals surface area contributed by atoms with Gasteiger partial charge in [-0.2, -0.15) is 0 Å². The minimum absolute atomic E-state index is 0.278. The van der Waals surface area contributed by atoms with Crippen LogP contribution in [0.25, 0.3) is 0 Å². The summed E-state index contributed by atoms with van der Waals surface area (Å²) in [7, 11) is 0. The first kappa shape index (κ1) is 19.1. The molecular weight excluding hydrogens is 568 g/mol. The number of para-hydroxylation sites is 1. The van der Waals surface area contributed by atoms with Crippen molar-refractivity contribution in [2.45, 2.75) is 27.7 Å². The Morgan fingerprint density at radius 1 is 1.00 bits per heavy atom. The molecule has 0 aromatic heterocycles. The maximum atomic E-state index is 9.21. The number of phenols is 1. The Kier molecular flexibility index (Phi) is 15.6. The molecule has 0 heterocycles. The van der Waals surface area contributed by atoms with E-state index in [1.54, 1.807) is 0 Å². The Morgan fingerprint density at radius 3 is 1.47 bits per heavy atom. The average molecular weight is 584 g/mol. The maximum absolute atomic E-state index is 9.21. The molecule has 0 aliphatic heterocycles. The van der Waals surface area contributed by atoms with E-state index in [1.807, 2.05) is 45.9 Å². The standard InChI is InChI=1S/C8H10O.C2H6.3HI.V/c1-6-4-3-5-7(2)8(6)9;1-2;;;;/h3-5,9H,1-2H3;1-2H3;3*1H;/q;;;;;+3/p-3. The van der Waals surface area contributed by atoms with Crippen LogP contribution in [0.2, 0.25) is 0 Å². The molecule has 1 N–H and O–H groups in total. The Hall–Kier alpha value is 1.79.